The van der Waals surface area contributed by atoms with Crippen LogP contribution in [0.2, 0.25) is 0 Å². The third-order valence-electron chi connectivity index (χ3n) is 2.20. The van der Waals surface area contributed by atoms with Crippen molar-refractivity contribution in [3.63, 3.8) is 0 Å². The van der Waals surface area contributed by atoms with E-state index >= 15 is 0 Å². The number of benzene rings is 1. The molecule has 0 N–H and O–H groups in total. The van der Waals surface area contributed by atoms with E-state index in [0.717, 1.165) is 4.88 Å². The lowest BCUT2D eigenvalue weighted by Gasteiger charge is -2.01. The molecule has 1 heterocycles. The van der Waals surface area contributed by atoms with Gasteiger partial charge in [0.2, 0.25) is 0 Å². The first-order valence-corrected chi connectivity index (χ1v) is 5.30. The lowest BCUT2D eigenvalue weighted by molar-refractivity contribution is 1.47. The summed E-state index contributed by atoms with van der Waals surface area (Å²) >= 11 is 1.62. The zero-order valence-corrected chi connectivity index (χ0v) is 8.77. The van der Waals surface area contributed by atoms with Gasteiger partial charge >= 0.3 is 0 Å². The largest absolute Gasteiger partial charge is 0.135 e. The molecule has 0 nitrogen and oxygen atoms in total. The Balaban J connectivity index is 2.51. The quantitative estimate of drug-likeness (QED) is 0.613. The van der Waals surface area contributed by atoms with Crippen LogP contribution >= 0.6 is 11.3 Å². The van der Waals surface area contributed by atoms with Crippen molar-refractivity contribution >= 4 is 11.3 Å². The van der Waals surface area contributed by atoms with Crippen LogP contribution in [0.1, 0.15) is 10.4 Å². The standard InChI is InChI=1S/C13H10S/c1-3-12-8-11(9-14-12)13-7-5-4-6-10(13)2/h1,4-9H,2H3. The van der Waals surface area contributed by atoms with Crippen molar-refractivity contribution < 1.29 is 0 Å². The molecule has 14 heavy (non-hydrogen) atoms. The monoisotopic (exact) mass is 198 g/mol. The second-order valence-corrected chi connectivity index (χ2v) is 4.07. The lowest BCUT2D eigenvalue weighted by Crippen LogP contribution is -1.78. The highest BCUT2D eigenvalue weighted by molar-refractivity contribution is 7.11. The lowest BCUT2D eigenvalue weighted by atomic mass is 10.0. The first-order chi connectivity index (χ1) is 6.81. The Morgan fingerprint density at radius 3 is 2.71 bits per heavy atom. The minimum atomic E-state index is 0.989. The van der Waals surface area contributed by atoms with E-state index in [2.05, 4.69) is 42.5 Å². The molecular formula is C13H10S. The van der Waals surface area contributed by atoms with Gasteiger partial charge in [0.05, 0.1) is 4.88 Å². The fourth-order valence-corrected chi connectivity index (χ4v) is 2.16. The van der Waals surface area contributed by atoms with Gasteiger partial charge in [0.15, 0.2) is 0 Å². The number of hydrogen-bond donors (Lipinski definition) is 0. The summed E-state index contributed by atoms with van der Waals surface area (Å²) in [5, 5.41) is 2.11. The van der Waals surface area contributed by atoms with Gasteiger partial charge < -0.3 is 0 Å². The number of thiophene rings is 1. The molecule has 2 rings (SSSR count). The van der Waals surface area contributed by atoms with Crippen LogP contribution in [-0.2, 0) is 0 Å². The van der Waals surface area contributed by atoms with Gasteiger partial charge in [-0.15, -0.1) is 17.8 Å². The topological polar surface area (TPSA) is 0 Å². The molecule has 0 aliphatic rings. The summed E-state index contributed by atoms with van der Waals surface area (Å²) in [6.07, 6.45) is 5.34. The van der Waals surface area contributed by atoms with Crippen LogP contribution in [0.25, 0.3) is 11.1 Å². The molecule has 0 radical (unpaired) electrons. The highest BCUT2D eigenvalue weighted by Crippen LogP contribution is 2.27. The molecule has 68 valence electrons. The SMILES string of the molecule is C#Cc1cc(-c2ccccc2C)cs1. The summed E-state index contributed by atoms with van der Waals surface area (Å²) in [4.78, 5) is 0.989. The molecule has 0 bridgehead atoms. The van der Waals surface area contributed by atoms with Crippen molar-refractivity contribution in [2.24, 2.45) is 0 Å². The summed E-state index contributed by atoms with van der Waals surface area (Å²) < 4.78 is 0. The van der Waals surface area contributed by atoms with E-state index in [4.69, 9.17) is 6.42 Å². The molecule has 1 aromatic heterocycles. The third-order valence-corrected chi connectivity index (χ3v) is 3.06. The Morgan fingerprint density at radius 1 is 1.29 bits per heavy atom. The van der Waals surface area contributed by atoms with Crippen LogP contribution in [0.4, 0.5) is 0 Å². The second-order valence-electron chi connectivity index (χ2n) is 3.16. The van der Waals surface area contributed by atoms with E-state index in [0.29, 0.717) is 0 Å². The van der Waals surface area contributed by atoms with Gasteiger partial charge in [-0.1, -0.05) is 30.2 Å². The van der Waals surface area contributed by atoms with Gasteiger partial charge in [-0.05, 0) is 35.1 Å². The van der Waals surface area contributed by atoms with Gasteiger partial charge in [0, 0.05) is 0 Å². The Labute approximate surface area is 88.2 Å². The zero-order valence-electron chi connectivity index (χ0n) is 7.95. The molecule has 0 amide bonds. The Kier molecular flexibility index (Phi) is 2.39. The fourth-order valence-electron chi connectivity index (χ4n) is 1.45. The smallest absolute Gasteiger partial charge is 0.0772 e. The minimum Gasteiger partial charge on any atom is -0.135 e. The Hall–Kier alpha value is -1.52. The molecule has 0 aliphatic carbocycles. The van der Waals surface area contributed by atoms with E-state index in [1.165, 1.54) is 16.7 Å². The summed E-state index contributed by atoms with van der Waals surface area (Å²) in [6, 6.07) is 10.4. The van der Waals surface area contributed by atoms with Crippen molar-refractivity contribution in [1.82, 2.24) is 0 Å². The van der Waals surface area contributed by atoms with E-state index < -0.39 is 0 Å². The summed E-state index contributed by atoms with van der Waals surface area (Å²) in [7, 11) is 0. The highest BCUT2D eigenvalue weighted by Gasteiger charge is 2.02. The molecule has 0 fully saturated rings. The zero-order chi connectivity index (χ0) is 9.97. The average molecular weight is 198 g/mol. The van der Waals surface area contributed by atoms with Crippen molar-refractivity contribution in [3.05, 3.63) is 46.2 Å². The molecule has 1 aromatic carbocycles. The molecule has 1 heteroatoms. The maximum atomic E-state index is 5.34. The van der Waals surface area contributed by atoms with Crippen LogP contribution in [-0.4, -0.2) is 0 Å². The van der Waals surface area contributed by atoms with E-state index in [9.17, 15) is 0 Å². The summed E-state index contributed by atoms with van der Waals surface area (Å²) in [5.41, 5.74) is 3.78. The van der Waals surface area contributed by atoms with Crippen LogP contribution in [0, 0.1) is 19.3 Å². The molecule has 0 saturated carbocycles. The van der Waals surface area contributed by atoms with E-state index in [1.807, 2.05) is 6.07 Å². The van der Waals surface area contributed by atoms with Crippen molar-refractivity contribution in [1.29, 1.82) is 0 Å². The average Bonchev–Trinajstić information content (AvgIpc) is 2.67. The highest BCUT2D eigenvalue weighted by atomic mass is 32.1. The predicted molar refractivity (Wildman–Crippen MR) is 62.4 cm³/mol. The molecular weight excluding hydrogens is 188 g/mol. The van der Waals surface area contributed by atoms with Crippen LogP contribution in [0.5, 0.6) is 0 Å². The van der Waals surface area contributed by atoms with Gasteiger partial charge in [0.1, 0.15) is 0 Å². The number of rotatable bonds is 1. The molecule has 0 saturated heterocycles. The van der Waals surface area contributed by atoms with Gasteiger partial charge in [-0.3, -0.25) is 0 Å². The normalized spacial score (nSPS) is 9.71. The number of aryl methyl sites for hydroxylation is 1. The Bertz CT molecular complexity index is 486. The van der Waals surface area contributed by atoms with E-state index in [-0.39, 0.29) is 0 Å². The second kappa shape index (κ2) is 3.69. The van der Waals surface area contributed by atoms with Gasteiger partial charge in [0.25, 0.3) is 0 Å². The van der Waals surface area contributed by atoms with Crippen molar-refractivity contribution in [2.75, 3.05) is 0 Å². The molecule has 0 spiro atoms. The molecule has 2 aromatic rings. The molecule has 0 unspecified atom stereocenters. The van der Waals surface area contributed by atoms with Gasteiger partial charge in [-0.25, -0.2) is 0 Å². The first-order valence-electron chi connectivity index (χ1n) is 4.42. The Morgan fingerprint density at radius 2 is 2.07 bits per heavy atom. The predicted octanol–water partition coefficient (Wildman–Crippen LogP) is 3.70. The van der Waals surface area contributed by atoms with Gasteiger partial charge in [-0.2, -0.15) is 0 Å². The van der Waals surface area contributed by atoms with E-state index in [1.54, 1.807) is 11.3 Å². The summed E-state index contributed by atoms with van der Waals surface area (Å²) in [6.45, 7) is 2.11. The van der Waals surface area contributed by atoms with Crippen molar-refractivity contribution in [3.8, 4) is 23.5 Å². The number of terminal acetylenes is 1. The van der Waals surface area contributed by atoms with Crippen LogP contribution < -0.4 is 0 Å². The molecule has 0 atom stereocenters. The maximum Gasteiger partial charge on any atom is 0.0772 e. The van der Waals surface area contributed by atoms with Crippen molar-refractivity contribution in [2.45, 2.75) is 6.92 Å². The maximum absolute atomic E-state index is 5.34. The third kappa shape index (κ3) is 1.57. The summed E-state index contributed by atoms with van der Waals surface area (Å²) in [5.74, 6) is 2.66. The van der Waals surface area contributed by atoms with Crippen LogP contribution in [0.15, 0.2) is 35.7 Å². The fraction of sp³-hybridized carbons (Fsp3) is 0.0769. The molecule has 0 aliphatic heterocycles. The first kappa shape index (κ1) is 9.05. The number of hydrogen-bond acceptors (Lipinski definition) is 1. The minimum absolute atomic E-state index is 0.989. The van der Waals surface area contributed by atoms with Crippen LogP contribution in [0.3, 0.4) is 0 Å².